The minimum Gasteiger partial charge on any atom is -0.480 e. The van der Waals surface area contributed by atoms with Gasteiger partial charge < -0.3 is 34.9 Å². The number of carboxylic acids is 1. The topological polar surface area (TPSA) is 147 Å². The van der Waals surface area contributed by atoms with Gasteiger partial charge in [-0.15, -0.1) is 0 Å². The Labute approximate surface area is 208 Å². The Morgan fingerprint density at radius 2 is 1.09 bits per heavy atom. The zero-order chi connectivity index (χ0) is 27.4. The molecule has 0 aliphatic heterocycles. The van der Waals surface area contributed by atoms with E-state index in [4.69, 9.17) is 14.2 Å². The molecule has 0 aromatic heterocycles. The zero-order valence-electron chi connectivity index (χ0n) is 22.6. The molecular weight excluding hydrogens is 460 g/mol. The van der Waals surface area contributed by atoms with Crippen LogP contribution in [0.3, 0.4) is 0 Å². The first-order valence-electron chi connectivity index (χ1n) is 11.6. The fourth-order valence-electron chi connectivity index (χ4n) is 2.58. The molecule has 0 saturated carbocycles. The number of carbonyl (C=O) groups excluding carboxylic acids is 3. The number of hydrogen-bond acceptors (Lipinski definition) is 8. The SMILES string of the molecule is CC(C)(C)OC(=O)NCCN(CCN(CCNC(=O)OC(C)(C)C)C(=O)OC(C)(C)C)CC(=O)O. The third kappa shape index (κ3) is 19.3. The molecule has 0 aliphatic rings. The van der Waals surface area contributed by atoms with Gasteiger partial charge in [0.05, 0.1) is 6.54 Å². The van der Waals surface area contributed by atoms with Crippen LogP contribution < -0.4 is 10.6 Å². The summed E-state index contributed by atoms with van der Waals surface area (Å²) in [5.74, 6) is -1.04. The number of nitrogens with zero attached hydrogens (tertiary/aromatic N) is 2. The predicted molar refractivity (Wildman–Crippen MR) is 130 cm³/mol. The first kappa shape index (κ1) is 32.2. The molecule has 0 heterocycles. The summed E-state index contributed by atoms with van der Waals surface area (Å²) in [6.45, 7) is 16.4. The van der Waals surface area contributed by atoms with Crippen molar-refractivity contribution in [1.82, 2.24) is 20.4 Å². The monoisotopic (exact) mass is 504 g/mol. The predicted octanol–water partition coefficient (Wildman–Crippen LogP) is 2.66. The second-order valence-electron chi connectivity index (χ2n) is 11.0. The quantitative estimate of drug-likeness (QED) is 0.361. The van der Waals surface area contributed by atoms with E-state index < -0.39 is 41.1 Å². The van der Waals surface area contributed by atoms with E-state index in [0.29, 0.717) is 0 Å². The Morgan fingerprint density at radius 3 is 1.49 bits per heavy atom. The van der Waals surface area contributed by atoms with Crippen molar-refractivity contribution in [1.29, 1.82) is 0 Å². The number of hydrogen-bond donors (Lipinski definition) is 3. The molecule has 0 unspecified atom stereocenters. The minimum absolute atomic E-state index is 0.118. The van der Waals surface area contributed by atoms with Gasteiger partial charge in [0.15, 0.2) is 0 Å². The van der Waals surface area contributed by atoms with Gasteiger partial charge in [-0.25, -0.2) is 14.4 Å². The summed E-state index contributed by atoms with van der Waals surface area (Å²) < 4.78 is 15.8. The van der Waals surface area contributed by atoms with Gasteiger partial charge in [-0.2, -0.15) is 0 Å². The van der Waals surface area contributed by atoms with Crippen LogP contribution in [0.2, 0.25) is 0 Å². The molecule has 35 heavy (non-hydrogen) atoms. The maximum atomic E-state index is 12.7. The number of alkyl carbamates (subject to hydrolysis) is 2. The number of rotatable bonds is 11. The average molecular weight is 505 g/mol. The largest absolute Gasteiger partial charge is 0.480 e. The van der Waals surface area contributed by atoms with Crippen LogP contribution in [0.1, 0.15) is 62.3 Å². The van der Waals surface area contributed by atoms with E-state index in [9.17, 15) is 24.3 Å². The summed E-state index contributed by atoms with van der Waals surface area (Å²) in [7, 11) is 0. The lowest BCUT2D eigenvalue weighted by molar-refractivity contribution is -0.138. The van der Waals surface area contributed by atoms with Gasteiger partial charge >= 0.3 is 24.2 Å². The van der Waals surface area contributed by atoms with Crippen LogP contribution in [0.4, 0.5) is 14.4 Å². The van der Waals surface area contributed by atoms with E-state index in [1.54, 1.807) is 67.2 Å². The molecule has 0 radical (unpaired) electrons. The molecule has 3 N–H and O–H groups in total. The second kappa shape index (κ2) is 14.0. The molecule has 0 saturated heterocycles. The van der Waals surface area contributed by atoms with Crippen molar-refractivity contribution in [2.24, 2.45) is 0 Å². The third-order valence-electron chi connectivity index (χ3n) is 3.84. The van der Waals surface area contributed by atoms with Crippen LogP contribution in [-0.2, 0) is 19.0 Å². The fraction of sp³-hybridized carbons (Fsp3) is 0.826. The molecule has 0 fully saturated rings. The molecule has 204 valence electrons. The molecule has 3 amide bonds. The number of ether oxygens (including phenoxy) is 3. The molecule has 12 heteroatoms. The Balaban J connectivity index is 5.03. The van der Waals surface area contributed by atoms with Gasteiger partial charge in [0.2, 0.25) is 0 Å². The lowest BCUT2D eigenvalue weighted by atomic mass is 10.2. The lowest BCUT2D eigenvalue weighted by Gasteiger charge is -2.30. The third-order valence-corrected chi connectivity index (χ3v) is 3.84. The zero-order valence-corrected chi connectivity index (χ0v) is 22.6. The molecule has 0 aromatic carbocycles. The number of aliphatic carboxylic acids is 1. The van der Waals surface area contributed by atoms with Crippen LogP contribution in [0.25, 0.3) is 0 Å². The molecule has 0 rings (SSSR count). The highest BCUT2D eigenvalue weighted by Crippen LogP contribution is 2.10. The Bertz CT molecular complexity index is 708. The van der Waals surface area contributed by atoms with Crippen LogP contribution in [0, 0.1) is 0 Å². The van der Waals surface area contributed by atoms with Crippen LogP contribution >= 0.6 is 0 Å². The lowest BCUT2D eigenvalue weighted by Crippen LogP contribution is -2.47. The van der Waals surface area contributed by atoms with E-state index >= 15 is 0 Å². The van der Waals surface area contributed by atoms with Crippen molar-refractivity contribution in [2.45, 2.75) is 79.1 Å². The van der Waals surface area contributed by atoms with Crippen LogP contribution in [0.5, 0.6) is 0 Å². The normalized spacial score (nSPS) is 12.1. The maximum Gasteiger partial charge on any atom is 0.410 e. The van der Waals surface area contributed by atoms with E-state index in [1.807, 2.05) is 0 Å². The van der Waals surface area contributed by atoms with Crippen molar-refractivity contribution in [3.05, 3.63) is 0 Å². The van der Waals surface area contributed by atoms with Gasteiger partial charge in [0, 0.05) is 39.3 Å². The van der Waals surface area contributed by atoms with Gasteiger partial charge in [0.25, 0.3) is 0 Å². The standard InChI is InChI=1S/C23H44N4O8/c1-21(2,3)33-18(30)24-10-12-26(16-17(28)29)14-15-27(20(32)35-23(7,8)9)13-11-25-19(31)34-22(4,5)6/h10-16H2,1-9H3,(H,24,30)(H,25,31)(H,28,29). The van der Waals surface area contributed by atoms with Crippen molar-refractivity contribution >= 4 is 24.2 Å². The summed E-state index contributed by atoms with van der Waals surface area (Å²) >= 11 is 0. The van der Waals surface area contributed by atoms with Gasteiger partial charge in [-0.1, -0.05) is 0 Å². The van der Waals surface area contributed by atoms with E-state index in [0.717, 1.165) is 0 Å². The molecular formula is C23H44N4O8. The van der Waals surface area contributed by atoms with Crippen LogP contribution in [0.15, 0.2) is 0 Å². The molecule has 0 aliphatic carbocycles. The maximum absolute atomic E-state index is 12.7. The van der Waals surface area contributed by atoms with Crippen LogP contribution in [-0.4, -0.2) is 102 Å². The first-order valence-corrected chi connectivity index (χ1v) is 11.6. The van der Waals surface area contributed by atoms with Crippen molar-refractivity contribution in [3.8, 4) is 0 Å². The summed E-state index contributed by atoms with van der Waals surface area (Å²) in [5.41, 5.74) is -2.03. The van der Waals surface area contributed by atoms with E-state index in [1.165, 1.54) is 4.90 Å². The summed E-state index contributed by atoms with van der Waals surface area (Å²) in [6.07, 6.45) is -1.80. The Hall–Kier alpha value is -2.76. The van der Waals surface area contributed by atoms with E-state index in [2.05, 4.69) is 10.6 Å². The number of nitrogens with one attached hydrogen (secondary N) is 2. The summed E-state index contributed by atoms with van der Waals surface area (Å²) in [6, 6.07) is 0. The number of carboxylic acid groups (broad SMARTS) is 1. The van der Waals surface area contributed by atoms with Gasteiger partial charge in [0.1, 0.15) is 16.8 Å². The molecule has 0 atom stereocenters. The first-order chi connectivity index (χ1) is 15.8. The van der Waals surface area contributed by atoms with E-state index in [-0.39, 0.29) is 45.8 Å². The molecule has 12 nitrogen and oxygen atoms in total. The van der Waals surface area contributed by atoms with Gasteiger partial charge in [-0.05, 0) is 62.3 Å². The minimum atomic E-state index is -1.04. The fourth-order valence-corrected chi connectivity index (χ4v) is 2.58. The van der Waals surface area contributed by atoms with Gasteiger partial charge in [-0.3, -0.25) is 9.69 Å². The number of carbonyl (C=O) groups is 4. The van der Waals surface area contributed by atoms with Crippen molar-refractivity contribution in [2.75, 3.05) is 45.8 Å². The average Bonchev–Trinajstić information content (AvgIpc) is 2.59. The number of amides is 3. The second-order valence-corrected chi connectivity index (χ2v) is 11.0. The Morgan fingerprint density at radius 1 is 0.657 bits per heavy atom. The molecule has 0 aromatic rings. The van der Waals surface area contributed by atoms with Crippen molar-refractivity contribution in [3.63, 3.8) is 0 Å². The highest BCUT2D eigenvalue weighted by Gasteiger charge is 2.24. The smallest absolute Gasteiger partial charge is 0.410 e. The highest BCUT2D eigenvalue weighted by atomic mass is 16.6. The summed E-state index contributed by atoms with van der Waals surface area (Å²) in [4.78, 5) is 50.7. The van der Waals surface area contributed by atoms with Crippen molar-refractivity contribution < 1.29 is 38.5 Å². The Kier molecular flexibility index (Phi) is 12.9. The highest BCUT2D eigenvalue weighted by molar-refractivity contribution is 5.70. The summed E-state index contributed by atoms with van der Waals surface area (Å²) in [5, 5.41) is 14.4. The molecule has 0 spiro atoms. The molecule has 0 bridgehead atoms.